The van der Waals surface area contributed by atoms with Gasteiger partial charge in [0.2, 0.25) is 5.91 Å². The van der Waals surface area contributed by atoms with Gasteiger partial charge in [0, 0.05) is 18.5 Å². The molecule has 0 spiro atoms. The molecule has 0 bridgehead atoms. The lowest BCUT2D eigenvalue weighted by atomic mass is 10.0. The van der Waals surface area contributed by atoms with Gasteiger partial charge in [-0.15, -0.1) is 0 Å². The molecule has 0 aliphatic carbocycles. The Labute approximate surface area is 174 Å². The summed E-state index contributed by atoms with van der Waals surface area (Å²) in [6.07, 6.45) is -0.819. The maximum Gasteiger partial charge on any atom is 0.254 e. The summed E-state index contributed by atoms with van der Waals surface area (Å²) >= 11 is 0. The van der Waals surface area contributed by atoms with Crippen molar-refractivity contribution in [3.05, 3.63) is 60.2 Å². The van der Waals surface area contributed by atoms with Gasteiger partial charge in [-0.3, -0.25) is 9.59 Å². The van der Waals surface area contributed by atoms with E-state index in [1.807, 2.05) is 42.5 Å². The molecule has 30 heavy (non-hydrogen) atoms. The Morgan fingerprint density at radius 2 is 1.83 bits per heavy atom. The van der Waals surface area contributed by atoms with Crippen molar-refractivity contribution >= 4 is 17.5 Å². The van der Waals surface area contributed by atoms with Gasteiger partial charge in [-0.25, -0.2) is 0 Å². The molecular weight excluding hydrogens is 386 g/mol. The van der Waals surface area contributed by atoms with Crippen molar-refractivity contribution < 1.29 is 24.6 Å². The number of oxime groups is 1. The Bertz CT molecular complexity index is 899. The fraction of sp³-hybridized carbons (Fsp3) is 0.318. The summed E-state index contributed by atoms with van der Waals surface area (Å²) in [4.78, 5) is 32.0. The number of benzene rings is 2. The van der Waals surface area contributed by atoms with Crippen LogP contribution < -0.4 is 5.32 Å². The predicted octanol–water partition coefficient (Wildman–Crippen LogP) is 1.04. The summed E-state index contributed by atoms with van der Waals surface area (Å²) in [5.41, 5.74) is 3.07. The number of rotatable bonds is 7. The van der Waals surface area contributed by atoms with Crippen LogP contribution >= 0.6 is 0 Å². The molecule has 0 aromatic heterocycles. The van der Waals surface area contributed by atoms with Gasteiger partial charge in [-0.2, -0.15) is 0 Å². The maximum absolute atomic E-state index is 13.1. The van der Waals surface area contributed by atoms with Gasteiger partial charge in [0.1, 0.15) is 13.2 Å². The van der Waals surface area contributed by atoms with Crippen molar-refractivity contribution in [2.24, 2.45) is 5.16 Å². The van der Waals surface area contributed by atoms with E-state index >= 15 is 0 Å². The van der Waals surface area contributed by atoms with E-state index in [0.29, 0.717) is 11.3 Å². The lowest BCUT2D eigenvalue weighted by Crippen LogP contribution is -2.47. The highest BCUT2D eigenvalue weighted by Crippen LogP contribution is 2.23. The highest BCUT2D eigenvalue weighted by Gasteiger charge is 2.38. The van der Waals surface area contributed by atoms with Gasteiger partial charge in [-0.05, 0) is 23.3 Å². The molecule has 8 heteroatoms. The topological polar surface area (TPSA) is 111 Å². The van der Waals surface area contributed by atoms with Crippen molar-refractivity contribution in [2.45, 2.75) is 18.6 Å². The third-order valence-electron chi connectivity index (χ3n) is 4.90. The van der Waals surface area contributed by atoms with Crippen LogP contribution in [0.25, 0.3) is 11.1 Å². The molecule has 2 atom stereocenters. The zero-order valence-electron chi connectivity index (χ0n) is 16.7. The molecule has 2 aromatic carbocycles. The fourth-order valence-corrected chi connectivity index (χ4v) is 3.35. The number of aliphatic hydroxyl groups is 2. The first-order valence-electron chi connectivity index (χ1n) is 9.65. The summed E-state index contributed by atoms with van der Waals surface area (Å²) in [5, 5.41) is 24.9. The van der Waals surface area contributed by atoms with Crippen molar-refractivity contribution in [1.29, 1.82) is 0 Å². The first-order valence-corrected chi connectivity index (χ1v) is 9.65. The van der Waals surface area contributed by atoms with Crippen LogP contribution in [0.1, 0.15) is 16.8 Å². The molecule has 1 unspecified atom stereocenters. The molecular formula is C22H25N3O5. The van der Waals surface area contributed by atoms with Gasteiger partial charge in [0.25, 0.3) is 5.91 Å². The summed E-state index contributed by atoms with van der Waals surface area (Å²) in [5.74, 6) is -0.711. The quantitative estimate of drug-likeness (QED) is 0.590. The summed E-state index contributed by atoms with van der Waals surface area (Å²) in [7, 11) is 1.41. The Balaban J connectivity index is 1.77. The summed E-state index contributed by atoms with van der Waals surface area (Å²) < 4.78 is 0. The van der Waals surface area contributed by atoms with Crippen molar-refractivity contribution in [1.82, 2.24) is 10.2 Å². The average molecular weight is 411 g/mol. The average Bonchev–Trinajstić information content (AvgIpc) is 3.21. The third-order valence-corrected chi connectivity index (χ3v) is 4.90. The van der Waals surface area contributed by atoms with E-state index < -0.39 is 24.7 Å². The second kappa shape index (κ2) is 10.00. The van der Waals surface area contributed by atoms with Gasteiger partial charge >= 0.3 is 0 Å². The molecule has 1 fully saturated rings. The number of amides is 2. The molecule has 1 heterocycles. The van der Waals surface area contributed by atoms with Crippen LogP contribution in [0.3, 0.4) is 0 Å². The minimum absolute atomic E-state index is 0.101. The lowest BCUT2D eigenvalue weighted by Gasteiger charge is -2.24. The highest BCUT2D eigenvalue weighted by atomic mass is 16.6. The second-order valence-corrected chi connectivity index (χ2v) is 7.02. The van der Waals surface area contributed by atoms with Crippen LogP contribution in [-0.4, -0.2) is 71.6 Å². The van der Waals surface area contributed by atoms with E-state index in [4.69, 9.17) is 9.94 Å². The zero-order valence-corrected chi connectivity index (χ0v) is 16.7. The van der Waals surface area contributed by atoms with Crippen LogP contribution in [-0.2, 0) is 9.63 Å². The van der Waals surface area contributed by atoms with E-state index in [-0.39, 0.29) is 25.4 Å². The Morgan fingerprint density at radius 1 is 1.17 bits per heavy atom. The summed E-state index contributed by atoms with van der Waals surface area (Å²) in [6, 6.07) is 16.3. The SMILES string of the molecule is CON=C1C[C@@H](C(=O)NCC(O)CO)N(C(=O)c2ccc(-c3ccccc3)cc2)C1. The molecule has 1 aliphatic heterocycles. The number of aliphatic hydroxyl groups excluding tert-OH is 2. The second-order valence-electron chi connectivity index (χ2n) is 7.02. The number of carbonyl (C=O) groups is 2. The number of nitrogens with one attached hydrogen (secondary N) is 1. The zero-order chi connectivity index (χ0) is 21.5. The van der Waals surface area contributed by atoms with Crippen LogP contribution in [0.15, 0.2) is 59.8 Å². The molecule has 158 valence electrons. The van der Waals surface area contributed by atoms with Gasteiger partial charge in [0.05, 0.1) is 25.0 Å². The molecule has 2 amide bonds. The van der Waals surface area contributed by atoms with Gasteiger partial charge in [-0.1, -0.05) is 47.6 Å². The number of hydrogen-bond acceptors (Lipinski definition) is 6. The van der Waals surface area contributed by atoms with Crippen molar-refractivity contribution in [2.75, 3.05) is 26.8 Å². The maximum atomic E-state index is 13.1. The Hall–Kier alpha value is -3.23. The number of carbonyl (C=O) groups excluding carboxylic acids is 2. The van der Waals surface area contributed by atoms with E-state index in [2.05, 4.69) is 10.5 Å². The summed E-state index contributed by atoms with van der Waals surface area (Å²) in [6.45, 7) is -0.387. The first kappa shape index (κ1) is 21.5. The normalized spacial score (nSPS) is 18.3. The molecule has 1 saturated heterocycles. The van der Waals surface area contributed by atoms with Gasteiger partial charge in [0.15, 0.2) is 0 Å². The standard InChI is InChI=1S/C22H25N3O5/c1-30-24-18-11-20(21(28)23-12-19(27)14-26)25(13-18)22(29)17-9-7-16(8-10-17)15-5-3-2-4-6-15/h2-10,19-20,26-27H,11-14H2,1H3,(H,23,28)/t19?,20-/m0/s1. The van der Waals surface area contributed by atoms with Crippen LogP contribution in [0.2, 0.25) is 0 Å². The predicted molar refractivity (Wildman–Crippen MR) is 112 cm³/mol. The number of nitrogens with zero attached hydrogens (tertiary/aromatic N) is 2. The Morgan fingerprint density at radius 3 is 2.47 bits per heavy atom. The van der Waals surface area contributed by atoms with Crippen LogP contribution in [0.5, 0.6) is 0 Å². The minimum Gasteiger partial charge on any atom is -0.399 e. The minimum atomic E-state index is -1.06. The Kier molecular flexibility index (Phi) is 7.16. The monoisotopic (exact) mass is 411 g/mol. The third kappa shape index (κ3) is 5.03. The number of likely N-dealkylation sites (tertiary alicyclic amines) is 1. The van der Waals surface area contributed by atoms with Gasteiger partial charge < -0.3 is 25.3 Å². The molecule has 8 nitrogen and oxygen atoms in total. The number of hydrogen-bond donors (Lipinski definition) is 3. The molecule has 0 radical (unpaired) electrons. The van der Waals surface area contributed by atoms with Crippen LogP contribution in [0, 0.1) is 0 Å². The molecule has 0 saturated carbocycles. The van der Waals surface area contributed by atoms with Crippen LogP contribution in [0.4, 0.5) is 0 Å². The van der Waals surface area contributed by atoms with E-state index in [1.54, 1.807) is 12.1 Å². The lowest BCUT2D eigenvalue weighted by molar-refractivity contribution is -0.125. The molecule has 2 aromatic rings. The van der Waals surface area contributed by atoms with E-state index in [1.165, 1.54) is 12.0 Å². The largest absolute Gasteiger partial charge is 0.399 e. The molecule has 3 rings (SSSR count). The van der Waals surface area contributed by atoms with E-state index in [9.17, 15) is 14.7 Å². The first-order chi connectivity index (χ1) is 14.5. The van der Waals surface area contributed by atoms with E-state index in [0.717, 1.165) is 11.1 Å². The highest BCUT2D eigenvalue weighted by molar-refractivity contribution is 6.05. The smallest absolute Gasteiger partial charge is 0.254 e. The molecule has 1 aliphatic rings. The fourth-order valence-electron chi connectivity index (χ4n) is 3.35. The van der Waals surface area contributed by atoms with Crippen molar-refractivity contribution in [3.63, 3.8) is 0 Å². The van der Waals surface area contributed by atoms with Crippen molar-refractivity contribution in [3.8, 4) is 11.1 Å². The molecule has 3 N–H and O–H groups in total.